The third-order valence-corrected chi connectivity index (χ3v) is 5.29. The zero-order valence-corrected chi connectivity index (χ0v) is 18.0. The summed E-state index contributed by atoms with van der Waals surface area (Å²) in [6.07, 6.45) is -1.28. The lowest BCUT2D eigenvalue weighted by Gasteiger charge is -2.16. The van der Waals surface area contributed by atoms with Gasteiger partial charge in [-0.2, -0.15) is 28.5 Å². The Morgan fingerprint density at radius 2 is 1.97 bits per heavy atom. The van der Waals surface area contributed by atoms with E-state index >= 15 is 0 Å². The van der Waals surface area contributed by atoms with Gasteiger partial charge in [0.1, 0.15) is 5.82 Å². The number of nitrogens with zero attached hydrogens (tertiary/aromatic N) is 5. The van der Waals surface area contributed by atoms with Gasteiger partial charge < -0.3 is 5.32 Å². The Labute approximate surface area is 189 Å². The fraction of sp³-hybridized carbons (Fsp3) is 0.200. The van der Waals surface area contributed by atoms with Gasteiger partial charge in [-0.05, 0) is 43.2 Å². The molecule has 33 heavy (non-hydrogen) atoms. The summed E-state index contributed by atoms with van der Waals surface area (Å²) in [7, 11) is 0. The molecule has 3 heterocycles. The van der Waals surface area contributed by atoms with Gasteiger partial charge in [0.2, 0.25) is 0 Å². The van der Waals surface area contributed by atoms with Crippen LogP contribution in [0.5, 0.6) is 0 Å². The molecular weight excluding hydrogens is 466 g/mol. The number of hydrazone groups is 1. The highest BCUT2D eigenvalue weighted by Gasteiger charge is 2.41. The lowest BCUT2D eigenvalue weighted by atomic mass is 10.1. The topological polar surface area (TPSA) is 87.4 Å². The van der Waals surface area contributed by atoms with E-state index in [2.05, 4.69) is 25.9 Å². The smallest absolute Gasteiger partial charge is 0.320 e. The van der Waals surface area contributed by atoms with Crippen LogP contribution in [0, 0.1) is 19.7 Å². The van der Waals surface area contributed by atoms with Gasteiger partial charge in [-0.15, -0.1) is 0 Å². The highest BCUT2D eigenvalue weighted by Crippen LogP contribution is 2.35. The summed E-state index contributed by atoms with van der Waals surface area (Å²) >= 11 is 6.18. The number of benzene rings is 1. The van der Waals surface area contributed by atoms with Crippen LogP contribution in [0.25, 0.3) is 5.69 Å². The molecule has 1 amide bonds. The number of anilines is 2. The first-order valence-corrected chi connectivity index (χ1v) is 9.90. The monoisotopic (exact) mass is 481 g/mol. The summed E-state index contributed by atoms with van der Waals surface area (Å²) < 4.78 is 56.2. The van der Waals surface area contributed by atoms with Crippen LogP contribution in [-0.2, 0) is 6.18 Å². The van der Waals surface area contributed by atoms with Gasteiger partial charge in [0, 0.05) is 6.21 Å². The Bertz CT molecular complexity index is 1270. The van der Waals surface area contributed by atoms with E-state index in [1.807, 2.05) is 0 Å². The van der Waals surface area contributed by atoms with E-state index in [0.717, 1.165) is 12.3 Å². The standard InChI is InChI=1S/C20H16ClF4N7O/c1-10-11(2)16(4-3-15(10)22)31-17(20(23,24)25)13(9-29-31)19(33)30-12-7-14(21)18(26-8-12)32-27-5-6-28-32/h3-5,7-9,28H,6H2,1-2H3,(H,30,33). The number of hydrogen-bond acceptors (Lipinski definition) is 6. The van der Waals surface area contributed by atoms with Crippen molar-refractivity contribution in [2.45, 2.75) is 20.0 Å². The SMILES string of the molecule is Cc1c(F)ccc(-n2ncc(C(=O)Nc3cnc(N4N=CCN4)c(Cl)c3)c2C(F)(F)F)c1C. The predicted octanol–water partition coefficient (Wildman–Crippen LogP) is 4.26. The van der Waals surface area contributed by atoms with Crippen LogP contribution in [0.2, 0.25) is 5.02 Å². The summed E-state index contributed by atoms with van der Waals surface area (Å²) in [5.74, 6) is -1.36. The van der Waals surface area contributed by atoms with Crippen molar-refractivity contribution in [2.24, 2.45) is 5.10 Å². The molecule has 13 heteroatoms. The minimum Gasteiger partial charge on any atom is -0.320 e. The number of amides is 1. The number of carbonyl (C=O) groups excluding carboxylic acids is 1. The molecular formula is C20H16ClF4N7O. The van der Waals surface area contributed by atoms with Crippen molar-refractivity contribution < 1.29 is 22.4 Å². The third kappa shape index (κ3) is 4.26. The van der Waals surface area contributed by atoms with Gasteiger partial charge in [-0.1, -0.05) is 11.6 Å². The van der Waals surface area contributed by atoms with Gasteiger partial charge in [-0.25, -0.2) is 19.5 Å². The van der Waals surface area contributed by atoms with Crippen molar-refractivity contribution in [2.75, 3.05) is 17.0 Å². The fourth-order valence-corrected chi connectivity index (χ4v) is 3.49. The first-order valence-electron chi connectivity index (χ1n) is 9.52. The predicted molar refractivity (Wildman–Crippen MR) is 114 cm³/mol. The van der Waals surface area contributed by atoms with E-state index in [-0.39, 0.29) is 33.3 Å². The zero-order valence-electron chi connectivity index (χ0n) is 17.2. The Morgan fingerprint density at radius 3 is 2.61 bits per heavy atom. The molecule has 172 valence electrons. The fourth-order valence-electron chi connectivity index (χ4n) is 3.25. The molecule has 0 unspecified atom stereocenters. The van der Waals surface area contributed by atoms with Crippen LogP contribution >= 0.6 is 11.6 Å². The number of hydrazine groups is 1. The van der Waals surface area contributed by atoms with E-state index in [4.69, 9.17) is 11.6 Å². The van der Waals surface area contributed by atoms with Crippen LogP contribution in [-0.4, -0.2) is 33.4 Å². The average molecular weight is 482 g/mol. The van der Waals surface area contributed by atoms with E-state index in [9.17, 15) is 22.4 Å². The average Bonchev–Trinajstić information content (AvgIpc) is 3.42. The van der Waals surface area contributed by atoms with Crippen molar-refractivity contribution in [3.8, 4) is 5.69 Å². The third-order valence-electron chi connectivity index (χ3n) is 5.01. The Hall–Kier alpha value is -3.51. The van der Waals surface area contributed by atoms with Gasteiger partial charge in [0.05, 0.1) is 40.9 Å². The van der Waals surface area contributed by atoms with Crippen molar-refractivity contribution in [1.82, 2.24) is 20.2 Å². The summed E-state index contributed by atoms with van der Waals surface area (Å²) in [5, 5.41) is 11.6. The van der Waals surface area contributed by atoms with Gasteiger partial charge in [0.25, 0.3) is 5.91 Å². The first-order chi connectivity index (χ1) is 15.6. The number of hydrogen-bond donors (Lipinski definition) is 2. The normalized spacial score (nSPS) is 13.6. The second kappa shape index (κ2) is 8.45. The summed E-state index contributed by atoms with van der Waals surface area (Å²) in [6, 6.07) is 3.56. The highest BCUT2D eigenvalue weighted by molar-refractivity contribution is 6.33. The molecule has 4 rings (SSSR count). The number of aromatic nitrogens is 3. The molecule has 0 saturated carbocycles. The first kappa shape index (κ1) is 22.7. The Balaban J connectivity index is 1.68. The number of nitrogens with one attached hydrogen (secondary N) is 2. The van der Waals surface area contributed by atoms with Crippen molar-refractivity contribution >= 4 is 35.2 Å². The summed E-state index contributed by atoms with van der Waals surface area (Å²) in [5.41, 5.74) is 1.39. The number of carbonyl (C=O) groups is 1. The van der Waals surface area contributed by atoms with E-state index < -0.39 is 29.2 Å². The second-order valence-electron chi connectivity index (χ2n) is 7.09. The zero-order chi connectivity index (χ0) is 23.9. The van der Waals surface area contributed by atoms with E-state index in [1.165, 1.54) is 37.3 Å². The number of rotatable bonds is 4. The molecule has 1 aromatic carbocycles. The molecule has 0 atom stereocenters. The molecule has 0 aliphatic carbocycles. The largest absolute Gasteiger partial charge is 0.434 e. The van der Waals surface area contributed by atoms with E-state index in [1.54, 1.807) is 6.21 Å². The number of alkyl halides is 3. The number of halogens is 5. The van der Waals surface area contributed by atoms with Crippen LogP contribution in [0.1, 0.15) is 27.2 Å². The van der Waals surface area contributed by atoms with Crippen LogP contribution < -0.4 is 15.9 Å². The molecule has 2 aromatic heterocycles. The van der Waals surface area contributed by atoms with Gasteiger partial charge in [-0.3, -0.25) is 4.79 Å². The molecule has 1 aliphatic rings. The highest BCUT2D eigenvalue weighted by atomic mass is 35.5. The summed E-state index contributed by atoms with van der Waals surface area (Å²) in [4.78, 5) is 16.8. The molecule has 0 saturated heterocycles. The minimum absolute atomic E-state index is 0.00741. The maximum atomic E-state index is 14.0. The number of pyridine rings is 1. The van der Waals surface area contributed by atoms with Crippen LogP contribution in [0.15, 0.2) is 35.7 Å². The lowest BCUT2D eigenvalue weighted by Crippen LogP contribution is -2.29. The van der Waals surface area contributed by atoms with Crippen LogP contribution in [0.4, 0.5) is 29.1 Å². The molecule has 2 N–H and O–H groups in total. The molecule has 8 nitrogen and oxygen atoms in total. The van der Waals surface area contributed by atoms with Crippen molar-refractivity contribution in [3.05, 3.63) is 63.8 Å². The quantitative estimate of drug-likeness (QED) is 0.544. The molecule has 0 radical (unpaired) electrons. The molecule has 1 aliphatic heterocycles. The van der Waals surface area contributed by atoms with Crippen molar-refractivity contribution in [1.29, 1.82) is 0 Å². The lowest BCUT2D eigenvalue weighted by molar-refractivity contribution is -0.143. The second-order valence-corrected chi connectivity index (χ2v) is 7.50. The molecule has 0 bridgehead atoms. The Morgan fingerprint density at radius 1 is 1.21 bits per heavy atom. The maximum Gasteiger partial charge on any atom is 0.434 e. The van der Waals surface area contributed by atoms with Crippen LogP contribution in [0.3, 0.4) is 0 Å². The van der Waals surface area contributed by atoms with Gasteiger partial charge >= 0.3 is 6.18 Å². The minimum atomic E-state index is -4.92. The summed E-state index contributed by atoms with van der Waals surface area (Å²) in [6.45, 7) is 3.40. The van der Waals surface area contributed by atoms with Gasteiger partial charge in [0.15, 0.2) is 11.5 Å². The van der Waals surface area contributed by atoms with Crippen molar-refractivity contribution in [3.63, 3.8) is 0 Å². The molecule has 0 fully saturated rings. The molecule has 0 spiro atoms. The maximum absolute atomic E-state index is 14.0. The Kier molecular flexibility index (Phi) is 5.80. The van der Waals surface area contributed by atoms with E-state index in [0.29, 0.717) is 11.2 Å². The molecule has 3 aromatic rings.